The Morgan fingerprint density at radius 2 is 2.10 bits per heavy atom. The molecule has 0 N–H and O–H groups in total. The van der Waals surface area contributed by atoms with E-state index in [4.69, 9.17) is 16.0 Å². The summed E-state index contributed by atoms with van der Waals surface area (Å²) in [6.07, 6.45) is 6.87. The number of halogens is 1. The molecule has 29 heavy (non-hydrogen) atoms. The quantitative estimate of drug-likeness (QED) is 0.253. The zero-order valence-electron chi connectivity index (χ0n) is 15.5. The van der Waals surface area contributed by atoms with Gasteiger partial charge in [0.25, 0.3) is 5.91 Å². The van der Waals surface area contributed by atoms with Crippen LogP contribution in [-0.2, 0) is 11.3 Å². The van der Waals surface area contributed by atoms with Gasteiger partial charge in [-0.1, -0.05) is 41.1 Å². The predicted octanol–water partition coefficient (Wildman–Crippen LogP) is 6.51. The summed E-state index contributed by atoms with van der Waals surface area (Å²) < 4.78 is 6.50. The Morgan fingerprint density at radius 1 is 1.24 bits per heavy atom. The van der Waals surface area contributed by atoms with Gasteiger partial charge < -0.3 is 4.42 Å². The van der Waals surface area contributed by atoms with Crippen LogP contribution in [0, 0.1) is 0 Å². The molecule has 0 aliphatic heterocycles. The molecule has 0 saturated heterocycles. The number of hydrogen-bond donors (Lipinski definition) is 0. The molecule has 0 aliphatic rings. The minimum atomic E-state index is -0.189. The van der Waals surface area contributed by atoms with Crippen LogP contribution in [0.1, 0.15) is 11.3 Å². The maximum absolute atomic E-state index is 13.1. The number of rotatable bonds is 6. The van der Waals surface area contributed by atoms with Gasteiger partial charge in [0, 0.05) is 16.0 Å². The molecule has 2 aromatic carbocycles. The lowest BCUT2D eigenvalue weighted by Crippen LogP contribution is -2.28. The number of amides is 1. The zero-order valence-corrected chi connectivity index (χ0v) is 17.9. The zero-order chi connectivity index (χ0) is 20.2. The van der Waals surface area contributed by atoms with E-state index in [1.54, 1.807) is 41.1 Å². The standard InChI is InChI=1S/C22H17ClN2O2S2/c1-28-17-9-10-19-20(13-17)29-22(24-19)25(14-16-6-4-12-27-16)21(26)11-8-15-5-2-3-7-18(15)23/h2-13H,14H2,1H3/b11-8+. The Kier molecular flexibility index (Phi) is 6.04. The van der Waals surface area contributed by atoms with Crippen molar-refractivity contribution in [2.75, 3.05) is 11.2 Å². The fraction of sp³-hybridized carbons (Fsp3) is 0.0909. The normalized spacial score (nSPS) is 11.4. The highest BCUT2D eigenvalue weighted by Crippen LogP contribution is 2.32. The highest BCUT2D eigenvalue weighted by Gasteiger charge is 2.20. The van der Waals surface area contributed by atoms with E-state index < -0.39 is 0 Å². The molecule has 0 bridgehead atoms. The number of thiazole rings is 1. The Labute approximate surface area is 181 Å². The molecule has 0 unspecified atom stereocenters. The van der Waals surface area contributed by atoms with Gasteiger partial charge in [0.15, 0.2) is 5.13 Å². The van der Waals surface area contributed by atoms with E-state index in [2.05, 4.69) is 11.1 Å². The first-order chi connectivity index (χ1) is 14.1. The summed E-state index contributed by atoms with van der Waals surface area (Å²) in [7, 11) is 0. The topological polar surface area (TPSA) is 46.3 Å². The monoisotopic (exact) mass is 440 g/mol. The molecule has 0 spiro atoms. The largest absolute Gasteiger partial charge is 0.467 e. The minimum Gasteiger partial charge on any atom is -0.467 e. The fourth-order valence-corrected chi connectivity index (χ4v) is 4.52. The smallest absolute Gasteiger partial charge is 0.253 e. The second kappa shape index (κ2) is 8.86. The van der Waals surface area contributed by atoms with Gasteiger partial charge in [-0.05, 0) is 54.3 Å². The summed E-state index contributed by atoms with van der Waals surface area (Å²) in [6, 6.07) is 17.2. The van der Waals surface area contributed by atoms with Crippen LogP contribution in [0.4, 0.5) is 5.13 Å². The number of nitrogens with zero attached hydrogens (tertiary/aromatic N) is 2. The fourth-order valence-electron chi connectivity index (χ4n) is 2.79. The van der Waals surface area contributed by atoms with Crippen LogP contribution in [0.2, 0.25) is 5.02 Å². The number of thioether (sulfide) groups is 1. The molecule has 4 aromatic rings. The highest BCUT2D eigenvalue weighted by molar-refractivity contribution is 7.98. The number of aromatic nitrogens is 1. The second-order valence-electron chi connectivity index (χ2n) is 6.19. The Balaban J connectivity index is 1.67. The third-order valence-electron chi connectivity index (χ3n) is 4.29. The number of fused-ring (bicyclic) bond motifs is 1. The number of anilines is 1. The predicted molar refractivity (Wildman–Crippen MR) is 122 cm³/mol. The SMILES string of the molecule is CSc1ccc2nc(N(Cc3ccco3)C(=O)/C=C/c3ccccc3Cl)sc2c1. The second-order valence-corrected chi connectivity index (χ2v) is 8.48. The molecule has 7 heteroatoms. The van der Waals surface area contributed by atoms with E-state index >= 15 is 0 Å². The molecule has 2 aromatic heterocycles. The summed E-state index contributed by atoms with van der Waals surface area (Å²) >= 11 is 9.37. The van der Waals surface area contributed by atoms with Crippen LogP contribution in [0.25, 0.3) is 16.3 Å². The molecule has 0 atom stereocenters. The average Bonchev–Trinajstić information content (AvgIpc) is 3.40. The summed E-state index contributed by atoms with van der Waals surface area (Å²) in [5, 5.41) is 1.22. The van der Waals surface area contributed by atoms with Crippen molar-refractivity contribution in [3.8, 4) is 0 Å². The maximum Gasteiger partial charge on any atom is 0.253 e. The number of hydrogen-bond acceptors (Lipinski definition) is 5. The van der Waals surface area contributed by atoms with Crippen LogP contribution in [0.15, 0.2) is 76.2 Å². The summed E-state index contributed by atoms with van der Waals surface area (Å²) in [6.45, 7) is 0.300. The lowest BCUT2D eigenvalue weighted by atomic mass is 10.2. The van der Waals surface area contributed by atoms with E-state index in [0.29, 0.717) is 22.5 Å². The minimum absolute atomic E-state index is 0.189. The summed E-state index contributed by atoms with van der Waals surface area (Å²) in [5.74, 6) is 0.499. The first-order valence-corrected chi connectivity index (χ1v) is 11.3. The molecule has 0 aliphatic carbocycles. The molecule has 146 valence electrons. The Hall–Kier alpha value is -2.54. The van der Waals surface area contributed by atoms with Crippen molar-refractivity contribution in [2.24, 2.45) is 0 Å². The van der Waals surface area contributed by atoms with Gasteiger partial charge in [0.1, 0.15) is 5.76 Å². The lowest BCUT2D eigenvalue weighted by Gasteiger charge is -2.16. The number of carbonyl (C=O) groups excluding carboxylic acids is 1. The van der Waals surface area contributed by atoms with Crippen molar-refractivity contribution in [3.05, 3.63) is 83.3 Å². The van der Waals surface area contributed by atoms with Crippen LogP contribution >= 0.6 is 34.7 Å². The van der Waals surface area contributed by atoms with Crippen molar-refractivity contribution in [2.45, 2.75) is 11.4 Å². The van der Waals surface area contributed by atoms with E-state index in [9.17, 15) is 4.79 Å². The molecular formula is C22H17ClN2O2S2. The van der Waals surface area contributed by atoms with Gasteiger partial charge in [-0.15, -0.1) is 11.8 Å². The maximum atomic E-state index is 13.1. The van der Waals surface area contributed by atoms with Crippen LogP contribution in [-0.4, -0.2) is 17.1 Å². The molecule has 4 nitrogen and oxygen atoms in total. The Bertz CT molecular complexity index is 1170. The van der Waals surface area contributed by atoms with Crippen molar-refractivity contribution in [1.82, 2.24) is 4.98 Å². The first kappa shape index (κ1) is 19.8. The molecule has 4 rings (SSSR count). The van der Waals surface area contributed by atoms with Crippen molar-refractivity contribution in [3.63, 3.8) is 0 Å². The van der Waals surface area contributed by atoms with Gasteiger partial charge >= 0.3 is 0 Å². The molecule has 0 fully saturated rings. The summed E-state index contributed by atoms with van der Waals surface area (Å²) in [5.41, 5.74) is 1.66. The van der Waals surface area contributed by atoms with Crippen molar-refractivity contribution in [1.29, 1.82) is 0 Å². The van der Waals surface area contributed by atoms with Gasteiger partial charge in [-0.2, -0.15) is 0 Å². The van der Waals surface area contributed by atoms with Crippen LogP contribution in [0.5, 0.6) is 0 Å². The lowest BCUT2D eigenvalue weighted by molar-refractivity contribution is -0.114. The highest BCUT2D eigenvalue weighted by atomic mass is 35.5. The third-order valence-corrected chi connectivity index (χ3v) is 6.40. The van der Waals surface area contributed by atoms with E-state index in [1.165, 1.54) is 17.4 Å². The number of furan rings is 1. The summed E-state index contributed by atoms with van der Waals surface area (Å²) in [4.78, 5) is 20.5. The van der Waals surface area contributed by atoms with Crippen LogP contribution in [0.3, 0.4) is 0 Å². The molecule has 0 radical (unpaired) electrons. The van der Waals surface area contributed by atoms with Crippen molar-refractivity contribution >= 4 is 62.0 Å². The van der Waals surface area contributed by atoms with E-state index in [0.717, 1.165) is 20.7 Å². The van der Waals surface area contributed by atoms with Gasteiger partial charge in [0.2, 0.25) is 0 Å². The molecule has 1 amide bonds. The van der Waals surface area contributed by atoms with E-state index in [1.807, 2.05) is 42.7 Å². The Morgan fingerprint density at radius 3 is 2.86 bits per heavy atom. The third kappa shape index (κ3) is 4.56. The van der Waals surface area contributed by atoms with Gasteiger partial charge in [-0.25, -0.2) is 4.98 Å². The van der Waals surface area contributed by atoms with Gasteiger partial charge in [0.05, 0.1) is 23.0 Å². The molecular weight excluding hydrogens is 424 g/mol. The number of carbonyl (C=O) groups is 1. The van der Waals surface area contributed by atoms with Gasteiger partial charge in [-0.3, -0.25) is 9.69 Å². The van der Waals surface area contributed by atoms with Crippen molar-refractivity contribution < 1.29 is 9.21 Å². The molecule has 2 heterocycles. The average molecular weight is 441 g/mol. The van der Waals surface area contributed by atoms with Crippen LogP contribution < -0.4 is 4.90 Å². The molecule has 0 saturated carbocycles. The van der Waals surface area contributed by atoms with E-state index in [-0.39, 0.29) is 5.91 Å². The number of benzene rings is 2. The first-order valence-electron chi connectivity index (χ1n) is 8.85.